The van der Waals surface area contributed by atoms with Gasteiger partial charge in [-0.2, -0.15) is 5.10 Å². The first-order chi connectivity index (χ1) is 5.17. The van der Waals surface area contributed by atoms with Crippen LogP contribution in [0.3, 0.4) is 0 Å². The van der Waals surface area contributed by atoms with E-state index in [1.807, 2.05) is 0 Å². The summed E-state index contributed by atoms with van der Waals surface area (Å²) in [6.07, 6.45) is 3.77. The number of fused-ring (bicyclic) bond motifs is 1. The molecular formula is C8H11N2O. The van der Waals surface area contributed by atoms with E-state index < -0.39 is 0 Å². The van der Waals surface area contributed by atoms with Gasteiger partial charge in [0.05, 0.1) is 12.2 Å². The number of hydrogen-bond acceptors (Lipinski definition) is 2. The zero-order chi connectivity index (χ0) is 7.90. The summed E-state index contributed by atoms with van der Waals surface area (Å²) < 4.78 is 5.56. The Morgan fingerprint density at radius 1 is 1.64 bits per heavy atom. The molecule has 1 radical (unpaired) electrons. The molecule has 0 aliphatic carbocycles. The van der Waals surface area contributed by atoms with Crippen LogP contribution in [-0.4, -0.2) is 15.8 Å². The Morgan fingerprint density at radius 3 is 3.27 bits per heavy atom. The molecule has 11 heavy (non-hydrogen) atoms. The molecule has 59 valence electrons. The first kappa shape index (κ1) is 6.85. The molecule has 1 N–H and O–H groups in total. The number of nitrogens with one attached hydrogen (secondary N) is 1. The Labute approximate surface area is 65.8 Å². The number of rotatable bonds is 0. The van der Waals surface area contributed by atoms with Crippen LogP contribution in [0.4, 0.5) is 0 Å². The number of nitrogens with zero attached hydrogens (tertiary/aromatic N) is 1. The summed E-state index contributed by atoms with van der Waals surface area (Å²) in [4.78, 5) is 0. The highest BCUT2D eigenvalue weighted by Gasteiger charge is 2.26. The molecule has 0 spiro atoms. The minimum absolute atomic E-state index is 0.0482. The fraction of sp³-hybridized carbons (Fsp3) is 0.625. The Bertz CT molecular complexity index is 265. The van der Waals surface area contributed by atoms with E-state index in [2.05, 4.69) is 30.2 Å². The Hall–Kier alpha value is -0.830. The number of aromatic nitrogens is 2. The highest BCUT2D eigenvalue weighted by atomic mass is 16.5. The maximum Gasteiger partial charge on any atom is 0.118 e. The van der Waals surface area contributed by atoms with Crippen LogP contribution in [-0.2, 0) is 17.8 Å². The molecule has 0 amide bonds. The Morgan fingerprint density at radius 2 is 2.45 bits per heavy atom. The molecule has 3 nitrogen and oxygen atoms in total. The van der Waals surface area contributed by atoms with Gasteiger partial charge in [0.25, 0.3) is 0 Å². The second-order valence-electron chi connectivity index (χ2n) is 3.52. The van der Waals surface area contributed by atoms with Gasteiger partial charge in [-0.3, -0.25) is 5.10 Å². The van der Waals surface area contributed by atoms with Gasteiger partial charge in [0, 0.05) is 17.7 Å². The molecule has 0 bridgehead atoms. The molecule has 0 aromatic carbocycles. The minimum atomic E-state index is -0.0482. The zero-order valence-corrected chi connectivity index (χ0v) is 6.77. The van der Waals surface area contributed by atoms with Gasteiger partial charge in [0.2, 0.25) is 0 Å². The van der Waals surface area contributed by atoms with Crippen molar-refractivity contribution >= 4 is 0 Å². The monoisotopic (exact) mass is 151 g/mol. The summed E-state index contributed by atoms with van der Waals surface area (Å²) in [6.45, 7) is 4.80. The van der Waals surface area contributed by atoms with Crippen LogP contribution in [0.15, 0.2) is 0 Å². The summed E-state index contributed by atoms with van der Waals surface area (Å²) in [5.41, 5.74) is 2.19. The van der Waals surface area contributed by atoms with E-state index in [0.717, 1.165) is 12.0 Å². The molecule has 0 saturated heterocycles. The van der Waals surface area contributed by atoms with Crippen molar-refractivity contribution in [1.29, 1.82) is 0 Å². The van der Waals surface area contributed by atoms with Gasteiger partial charge in [-0.05, 0) is 13.8 Å². The highest BCUT2D eigenvalue weighted by Crippen LogP contribution is 2.25. The fourth-order valence-corrected chi connectivity index (χ4v) is 1.31. The SMILES string of the molecule is CC1(C)Cc2[nH]n[c]c2CO1. The van der Waals surface area contributed by atoms with E-state index in [9.17, 15) is 0 Å². The third-order valence-corrected chi connectivity index (χ3v) is 1.96. The number of hydrogen-bond donors (Lipinski definition) is 1. The molecule has 1 aliphatic rings. The summed E-state index contributed by atoms with van der Waals surface area (Å²) in [5, 5.41) is 6.77. The summed E-state index contributed by atoms with van der Waals surface area (Å²) in [7, 11) is 0. The molecule has 1 aromatic heterocycles. The minimum Gasteiger partial charge on any atom is -0.370 e. The lowest BCUT2D eigenvalue weighted by molar-refractivity contribution is -0.0407. The first-order valence-electron chi connectivity index (χ1n) is 3.75. The second kappa shape index (κ2) is 2.08. The molecule has 2 heterocycles. The molecule has 0 fully saturated rings. The van der Waals surface area contributed by atoms with Gasteiger partial charge in [-0.15, -0.1) is 0 Å². The van der Waals surface area contributed by atoms with Gasteiger partial charge in [0.15, 0.2) is 0 Å². The van der Waals surface area contributed by atoms with Crippen molar-refractivity contribution in [2.45, 2.75) is 32.5 Å². The van der Waals surface area contributed by atoms with Crippen LogP contribution in [0.1, 0.15) is 25.1 Å². The molecule has 0 atom stereocenters. The van der Waals surface area contributed by atoms with Gasteiger partial charge in [-0.1, -0.05) is 0 Å². The smallest absolute Gasteiger partial charge is 0.118 e. The predicted molar refractivity (Wildman–Crippen MR) is 40.0 cm³/mol. The van der Waals surface area contributed by atoms with Crippen molar-refractivity contribution in [2.75, 3.05) is 0 Å². The van der Waals surface area contributed by atoms with Gasteiger partial charge in [-0.25, -0.2) is 0 Å². The summed E-state index contributed by atoms with van der Waals surface area (Å²) >= 11 is 0. The number of H-pyrrole nitrogens is 1. The largest absolute Gasteiger partial charge is 0.370 e. The van der Waals surface area contributed by atoms with Gasteiger partial charge < -0.3 is 4.74 Å². The van der Waals surface area contributed by atoms with E-state index in [1.54, 1.807) is 0 Å². The van der Waals surface area contributed by atoms with Crippen LogP contribution in [0.2, 0.25) is 0 Å². The van der Waals surface area contributed by atoms with Crippen molar-refractivity contribution < 1.29 is 4.74 Å². The second-order valence-corrected chi connectivity index (χ2v) is 3.52. The summed E-state index contributed by atoms with van der Waals surface area (Å²) in [6, 6.07) is 0. The predicted octanol–water partition coefficient (Wildman–Crippen LogP) is 1.06. The maximum absolute atomic E-state index is 5.56. The number of aromatic amines is 1. The van der Waals surface area contributed by atoms with Gasteiger partial charge in [0.1, 0.15) is 6.20 Å². The third-order valence-electron chi connectivity index (χ3n) is 1.96. The van der Waals surface area contributed by atoms with E-state index in [-0.39, 0.29) is 5.60 Å². The average molecular weight is 151 g/mol. The van der Waals surface area contributed by atoms with E-state index in [1.165, 1.54) is 5.69 Å². The van der Waals surface area contributed by atoms with Crippen LogP contribution in [0.5, 0.6) is 0 Å². The average Bonchev–Trinajstić information content (AvgIpc) is 2.31. The van der Waals surface area contributed by atoms with Crippen LogP contribution >= 0.6 is 0 Å². The maximum atomic E-state index is 5.56. The molecule has 3 heteroatoms. The van der Waals surface area contributed by atoms with Crippen molar-refractivity contribution in [3.05, 3.63) is 17.5 Å². The van der Waals surface area contributed by atoms with Crippen molar-refractivity contribution in [3.63, 3.8) is 0 Å². The third kappa shape index (κ3) is 1.16. The van der Waals surface area contributed by atoms with Crippen molar-refractivity contribution in [2.24, 2.45) is 0 Å². The number of ether oxygens (including phenoxy) is 1. The molecular weight excluding hydrogens is 140 g/mol. The fourth-order valence-electron chi connectivity index (χ4n) is 1.31. The van der Waals surface area contributed by atoms with Gasteiger partial charge >= 0.3 is 0 Å². The molecule has 0 unspecified atom stereocenters. The first-order valence-corrected chi connectivity index (χ1v) is 3.75. The Balaban J connectivity index is 2.32. The van der Waals surface area contributed by atoms with Crippen molar-refractivity contribution in [1.82, 2.24) is 10.2 Å². The summed E-state index contributed by atoms with van der Waals surface area (Å²) in [5.74, 6) is 0. The molecule has 1 aliphatic heterocycles. The van der Waals surface area contributed by atoms with Crippen molar-refractivity contribution in [3.8, 4) is 0 Å². The van der Waals surface area contributed by atoms with E-state index in [4.69, 9.17) is 4.74 Å². The molecule has 1 aromatic rings. The topological polar surface area (TPSA) is 37.9 Å². The van der Waals surface area contributed by atoms with Crippen LogP contribution in [0.25, 0.3) is 0 Å². The lowest BCUT2D eigenvalue weighted by Gasteiger charge is -2.29. The normalized spacial score (nSPS) is 21.3. The van der Waals surface area contributed by atoms with Crippen LogP contribution in [0, 0.1) is 6.20 Å². The van der Waals surface area contributed by atoms with E-state index in [0.29, 0.717) is 6.61 Å². The van der Waals surface area contributed by atoms with E-state index >= 15 is 0 Å². The Kier molecular flexibility index (Phi) is 1.29. The lowest BCUT2D eigenvalue weighted by atomic mass is 9.98. The van der Waals surface area contributed by atoms with Crippen LogP contribution < -0.4 is 0 Å². The standard InChI is InChI=1S/C8H11N2O/c1-8(2)3-7-6(5-11-8)4-9-10-7/h3,5H2,1-2H3,(H,9,10). The lowest BCUT2D eigenvalue weighted by Crippen LogP contribution is -2.31. The quantitative estimate of drug-likeness (QED) is 0.602. The highest BCUT2D eigenvalue weighted by molar-refractivity contribution is 5.18. The molecule has 2 rings (SSSR count). The zero-order valence-electron chi connectivity index (χ0n) is 6.77. The molecule has 0 saturated carbocycles.